The van der Waals surface area contributed by atoms with Crippen LogP contribution in [-0.4, -0.2) is 37.4 Å². The van der Waals surface area contributed by atoms with E-state index in [1.807, 2.05) is 25.1 Å². The number of nitrogens with one attached hydrogen (secondary N) is 1. The lowest BCUT2D eigenvalue weighted by Crippen LogP contribution is -2.30. The third kappa shape index (κ3) is 4.59. The number of ether oxygens (including phenoxy) is 1. The second kappa shape index (κ2) is 7.82. The van der Waals surface area contributed by atoms with Gasteiger partial charge in [0.2, 0.25) is 0 Å². The normalized spacial score (nSPS) is 17.1. The predicted molar refractivity (Wildman–Crippen MR) is 81.0 cm³/mol. The van der Waals surface area contributed by atoms with Crippen molar-refractivity contribution in [2.45, 2.75) is 19.8 Å². The van der Waals surface area contributed by atoms with Crippen LogP contribution in [0.4, 0.5) is 0 Å². The molecular formula is C17H21NO3. The molecule has 21 heavy (non-hydrogen) atoms. The minimum Gasteiger partial charge on any atom is -0.395 e. The molecule has 4 nitrogen and oxygen atoms in total. The molecule has 0 spiro atoms. The Kier molecular flexibility index (Phi) is 5.79. The average Bonchev–Trinajstić information content (AvgIpc) is 3.00. The van der Waals surface area contributed by atoms with E-state index >= 15 is 0 Å². The first-order valence-electron chi connectivity index (χ1n) is 7.27. The van der Waals surface area contributed by atoms with Crippen LogP contribution in [0.15, 0.2) is 18.2 Å². The number of aliphatic hydroxyl groups excluding tert-OH is 1. The molecule has 0 bridgehead atoms. The Balaban J connectivity index is 2.07. The van der Waals surface area contributed by atoms with Gasteiger partial charge in [0, 0.05) is 31.1 Å². The summed E-state index contributed by atoms with van der Waals surface area (Å²) in [6, 6.07) is 5.64. The Morgan fingerprint density at radius 1 is 1.52 bits per heavy atom. The molecule has 0 saturated carbocycles. The molecule has 1 atom stereocenters. The van der Waals surface area contributed by atoms with E-state index in [1.165, 1.54) is 0 Å². The fourth-order valence-electron chi connectivity index (χ4n) is 2.25. The molecule has 112 valence electrons. The van der Waals surface area contributed by atoms with E-state index in [1.54, 1.807) is 0 Å². The minimum absolute atomic E-state index is 0.0298. The number of amides is 1. The van der Waals surface area contributed by atoms with Crippen molar-refractivity contribution < 1.29 is 14.6 Å². The van der Waals surface area contributed by atoms with Crippen molar-refractivity contribution in [3.8, 4) is 11.8 Å². The van der Waals surface area contributed by atoms with Crippen molar-refractivity contribution >= 4 is 5.91 Å². The quantitative estimate of drug-likeness (QED) is 0.825. The highest BCUT2D eigenvalue weighted by molar-refractivity contribution is 5.96. The zero-order valence-electron chi connectivity index (χ0n) is 12.3. The van der Waals surface area contributed by atoms with Crippen LogP contribution < -0.4 is 5.32 Å². The summed E-state index contributed by atoms with van der Waals surface area (Å²) in [7, 11) is 0. The van der Waals surface area contributed by atoms with E-state index in [0.717, 1.165) is 25.2 Å². The summed E-state index contributed by atoms with van der Waals surface area (Å²) in [5.74, 6) is 6.13. The van der Waals surface area contributed by atoms with Gasteiger partial charge in [0.15, 0.2) is 0 Å². The molecule has 1 aliphatic rings. The number of benzene rings is 1. The standard InChI is InChI=1S/C17H21NO3/c1-13-5-6-15(4-2-3-8-19)16(10-13)17(20)18-11-14-7-9-21-12-14/h5-6,10,14,19H,3,7-9,11-12H2,1H3,(H,18,20). The topological polar surface area (TPSA) is 58.6 Å². The fraction of sp³-hybridized carbons (Fsp3) is 0.471. The summed E-state index contributed by atoms with van der Waals surface area (Å²) in [6.07, 6.45) is 1.41. The van der Waals surface area contributed by atoms with Gasteiger partial charge in [-0.05, 0) is 25.5 Å². The van der Waals surface area contributed by atoms with Gasteiger partial charge in [-0.15, -0.1) is 0 Å². The summed E-state index contributed by atoms with van der Waals surface area (Å²) in [4.78, 5) is 12.3. The van der Waals surface area contributed by atoms with Crippen molar-refractivity contribution in [3.63, 3.8) is 0 Å². The van der Waals surface area contributed by atoms with Gasteiger partial charge in [0.05, 0.1) is 18.8 Å². The Hall–Kier alpha value is -1.83. The van der Waals surface area contributed by atoms with Gasteiger partial charge in [-0.3, -0.25) is 4.79 Å². The summed E-state index contributed by atoms with van der Waals surface area (Å²) >= 11 is 0. The van der Waals surface area contributed by atoms with Crippen LogP contribution >= 0.6 is 0 Å². The third-order valence-corrected chi connectivity index (χ3v) is 3.45. The van der Waals surface area contributed by atoms with Crippen molar-refractivity contribution in [2.75, 3.05) is 26.4 Å². The highest BCUT2D eigenvalue weighted by Crippen LogP contribution is 2.13. The van der Waals surface area contributed by atoms with E-state index in [-0.39, 0.29) is 12.5 Å². The third-order valence-electron chi connectivity index (χ3n) is 3.45. The molecule has 1 heterocycles. The van der Waals surface area contributed by atoms with Crippen LogP contribution in [0.25, 0.3) is 0 Å². The number of hydrogen-bond donors (Lipinski definition) is 2. The second-order valence-electron chi connectivity index (χ2n) is 5.26. The van der Waals surface area contributed by atoms with E-state index in [2.05, 4.69) is 17.2 Å². The van der Waals surface area contributed by atoms with Gasteiger partial charge in [0.25, 0.3) is 5.91 Å². The number of carbonyl (C=O) groups is 1. The van der Waals surface area contributed by atoms with E-state index in [4.69, 9.17) is 9.84 Å². The molecule has 0 aliphatic carbocycles. The highest BCUT2D eigenvalue weighted by atomic mass is 16.5. The molecule has 0 aromatic heterocycles. The van der Waals surface area contributed by atoms with Gasteiger partial charge in [-0.25, -0.2) is 0 Å². The monoisotopic (exact) mass is 287 g/mol. The van der Waals surface area contributed by atoms with Gasteiger partial charge in [-0.1, -0.05) is 23.5 Å². The lowest BCUT2D eigenvalue weighted by molar-refractivity contribution is 0.0944. The van der Waals surface area contributed by atoms with Gasteiger partial charge >= 0.3 is 0 Å². The number of hydrogen-bond acceptors (Lipinski definition) is 3. The summed E-state index contributed by atoms with van der Waals surface area (Å²) < 4.78 is 5.31. The lowest BCUT2D eigenvalue weighted by Gasteiger charge is -2.11. The van der Waals surface area contributed by atoms with Gasteiger partial charge in [-0.2, -0.15) is 0 Å². The maximum Gasteiger partial charge on any atom is 0.252 e. The SMILES string of the molecule is Cc1ccc(C#CCCO)c(C(=O)NCC2CCOC2)c1. The summed E-state index contributed by atoms with van der Waals surface area (Å²) in [6.45, 7) is 4.12. The van der Waals surface area contributed by atoms with Crippen LogP contribution in [0.2, 0.25) is 0 Å². The van der Waals surface area contributed by atoms with Crippen molar-refractivity contribution in [3.05, 3.63) is 34.9 Å². The fourth-order valence-corrected chi connectivity index (χ4v) is 2.25. The van der Waals surface area contributed by atoms with E-state index < -0.39 is 0 Å². The Morgan fingerprint density at radius 3 is 3.10 bits per heavy atom. The number of aryl methyl sites for hydroxylation is 1. The summed E-state index contributed by atoms with van der Waals surface area (Å²) in [5, 5.41) is 11.7. The molecule has 1 unspecified atom stereocenters. The molecular weight excluding hydrogens is 266 g/mol. The van der Waals surface area contributed by atoms with E-state index in [9.17, 15) is 4.79 Å². The molecule has 1 fully saturated rings. The van der Waals surface area contributed by atoms with Gasteiger partial charge < -0.3 is 15.2 Å². The molecule has 1 aromatic carbocycles. The van der Waals surface area contributed by atoms with Crippen LogP contribution in [0.1, 0.15) is 34.3 Å². The highest BCUT2D eigenvalue weighted by Gasteiger charge is 2.17. The smallest absolute Gasteiger partial charge is 0.252 e. The minimum atomic E-state index is -0.0982. The number of carbonyl (C=O) groups excluding carboxylic acids is 1. The molecule has 1 saturated heterocycles. The molecule has 2 N–H and O–H groups in total. The van der Waals surface area contributed by atoms with Crippen LogP contribution in [0.5, 0.6) is 0 Å². The maximum atomic E-state index is 12.3. The molecule has 1 aliphatic heterocycles. The second-order valence-corrected chi connectivity index (χ2v) is 5.26. The lowest BCUT2D eigenvalue weighted by atomic mass is 10.0. The Bertz CT molecular complexity index is 551. The van der Waals surface area contributed by atoms with E-state index in [0.29, 0.717) is 30.0 Å². The zero-order valence-corrected chi connectivity index (χ0v) is 12.3. The number of aliphatic hydroxyl groups is 1. The Morgan fingerprint density at radius 2 is 2.38 bits per heavy atom. The molecule has 1 amide bonds. The largest absolute Gasteiger partial charge is 0.395 e. The first kappa shape index (κ1) is 15.6. The summed E-state index contributed by atoms with van der Waals surface area (Å²) in [5.41, 5.74) is 2.32. The van der Waals surface area contributed by atoms with Crippen molar-refractivity contribution in [2.24, 2.45) is 5.92 Å². The van der Waals surface area contributed by atoms with Gasteiger partial charge in [0.1, 0.15) is 0 Å². The zero-order chi connectivity index (χ0) is 15.1. The first-order chi connectivity index (χ1) is 10.2. The van der Waals surface area contributed by atoms with Crippen molar-refractivity contribution in [1.82, 2.24) is 5.32 Å². The van der Waals surface area contributed by atoms with Crippen LogP contribution in [0.3, 0.4) is 0 Å². The maximum absolute atomic E-state index is 12.3. The van der Waals surface area contributed by atoms with Crippen molar-refractivity contribution in [1.29, 1.82) is 0 Å². The molecule has 0 radical (unpaired) electrons. The predicted octanol–water partition coefficient (Wildman–Crippen LogP) is 1.50. The molecule has 2 rings (SSSR count). The Labute approximate surface area is 125 Å². The average molecular weight is 287 g/mol. The molecule has 4 heteroatoms. The molecule has 1 aromatic rings. The van der Waals surface area contributed by atoms with Crippen LogP contribution in [-0.2, 0) is 4.74 Å². The number of rotatable bonds is 4. The van der Waals surface area contributed by atoms with Crippen LogP contribution in [0, 0.1) is 24.7 Å². The first-order valence-corrected chi connectivity index (χ1v) is 7.27.